The minimum absolute atomic E-state index is 0.0484. The van der Waals surface area contributed by atoms with Crippen LogP contribution in [0.3, 0.4) is 0 Å². The Morgan fingerprint density at radius 1 is 1.45 bits per heavy atom. The molecule has 0 heterocycles. The van der Waals surface area contributed by atoms with Gasteiger partial charge in [-0.25, -0.2) is 4.79 Å². The van der Waals surface area contributed by atoms with Crippen LogP contribution >= 0.6 is 11.6 Å². The Hall–Kier alpha value is -1.26. The van der Waals surface area contributed by atoms with E-state index >= 15 is 0 Å². The molecule has 0 saturated heterocycles. The van der Waals surface area contributed by atoms with Gasteiger partial charge in [0, 0.05) is 28.9 Å². The molecule has 2 atom stereocenters. The number of hydrogen-bond acceptors (Lipinski definition) is 2. The fourth-order valence-corrected chi connectivity index (χ4v) is 2.71. The maximum absolute atomic E-state index is 11.8. The number of carbonyl (C=O) groups excluding carboxylic acids is 1. The van der Waals surface area contributed by atoms with Crippen molar-refractivity contribution in [3.05, 3.63) is 34.9 Å². The van der Waals surface area contributed by atoms with Crippen LogP contribution in [0.4, 0.5) is 4.79 Å². The molecule has 5 heteroatoms. The fraction of sp³-hybridized carbons (Fsp3) is 0.533. The molecule has 1 aromatic carbocycles. The van der Waals surface area contributed by atoms with Gasteiger partial charge in [0.25, 0.3) is 0 Å². The second kappa shape index (κ2) is 5.26. The van der Waals surface area contributed by atoms with E-state index in [1.165, 1.54) is 5.56 Å². The maximum Gasteiger partial charge on any atom is 0.315 e. The highest BCUT2D eigenvalue weighted by Gasteiger charge is 2.43. The van der Waals surface area contributed by atoms with Crippen LogP contribution in [0.2, 0.25) is 5.02 Å². The van der Waals surface area contributed by atoms with Gasteiger partial charge in [-0.2, -0.15) is 0 Å². The van der Waals surface area contributed by atoms with Crippen molar-refractivity contribution < 1.29 is 9.90 Å². The predicted octanol–water partition coefficient (Wildman–Crippen LogP) is 2.27. The van der Waals surface area contributed by atoms with Crippen LogP contribution < -0.4 is 10.6 Å². The summed E-state index contributed by atoms with van der Waals surface area (Å²) >= 11 is 5.97. The van der Waals surface area contributed by atoms with Crippen molar-refractivity contribution in [3.8, 4) is 0 Å². The first-order chi connectivity index (χ1) is 9.62. The number of rotatable bonds is 5. The van der Waals surface area contributed by atoms with Gasteiger partial charge in [-0.1, -0.05) is 23.7 Å². The van der Waals surface area contributed by atoms with Crippen LogP contribution in [0.15, 0.2) is 24.3 Å². The summed E-state index contributed by atoms with van der Waals surface area (Å²) in [4.78, 5) is 11.8. The van der Waals surface area contributed by atoms with Gasteiger partial charge in [-0.3, -0.25) is 0 Å². The standard InChI is InChI=1S/C15H19ClN2O2/c16-11-3-1-2-10(6-11)12-7-13(12)18-14(20)17-8-15(9-19)4-5-15/h1-3,6,12-13,19H,4-5,7-9H2,(H2,17,18,20). The number of aliphatic hydroxyl groups is 1. The van der Waals surface area contributed by atoms with Gasteiger partial charge in [-0.05, 0) is 37.0 Å². The van der Waals surface area contributed by atoms with E-state index in [1.54, 1.807) is 0 Å². The Labute approximate surface area is 123 Å². The Balaban J connectivity index is 1.45. The van der Waals surface area contributed by atoms with Crippen molar-refractivity contribution in [1.29, 1.82) is 0 Å². The first-order valence-corrected chi connectivity index (χ1v) is 7.40. The van der Waals surface area contributed by atoms with Gasteiger partial charge in [0.2, 0.25) is 0 Å². The van der Waals surface area contributed by atoms with E-state index < -0.39 is 0 Å². The highest BCUT2D eigenvalue weighted by molar-refractivity contribution is 6.30. The molecular weight excluding hydrogens is 276 g/mol. The van der Waals surface area contributed by atoms with E-state index in [2.05, 4.69) is 10.6 Å². The molecule has 108 valence electrons. The smallest absolute Gasteiger partial charge is 0.315 e. The SMILES string of the molecule is O=C(NCC1(CO)CC1)NC1CC1c1cccc(Cl)c1. The fourth-order valence-electron chi connectivity index (χ4n) is 2.51. The van der Waals surface area contributed by atoms with Crippen molar-refractivity contribution in [2.45, 2.75) is 31.2 Å². The summed E-state index contributed by atoms with van der Waals surface area (Å²) < 4.78 is 0. The number of carbonyl (C=O) groups is 1. The number of benzene rings is 1. The Morgan fingerprint density at radius 3 is 2.90 bits per heavy atom. The predicted molar refractivity (Wildman–Crippen MR) is 77.9 cm³/mol. The molecule has 0 spiro atoms. The average Bonchev–Trinajstić information content (AvgIpc) is 3.33. The van der Waals surface area contributed by atoms with Gasteiger partial charge in [0.05, 0.1) is 6.61 Å². The summed E-state index contributed by atoms with van der Waals surface area (Å²) in [6, 6.07) is 7.84. The van der Waals surface area contributed by atoms with E-state index in [1.807, 2.05) is 24.3 Å². The molecule has 3 rings (SSSR count). The molecule has 1 aromatic rings. The number of hydrogen-bond donors (Lipinski definition) is 3. The molecule has 4 nitrogen and oxygen atoms in total. The topological polar surface area (TPSA) is 61.4 Å². The van der Waals surface area contributed by atoms with E-state index in [0.717, 1.165) is 24.3 Å². The molecule has 0 radical (unpaired) electrons. The molecule has 20 heavy (non-hydrogen) atoms. The molecule has 0 aliphatic heterocycles. The summed E-state index contributed by atoms with van der Waals surface area (Å²) in [6.07, 6.45) is 2.95. The summed E-state index contributed by atoms with van der Waals surface area (Å²) in [7, 11) is 0. The quantitative estimate of drug-likeness (QED) is 0.780. The lowest BCUT2D eigenvalue weighted by Gasteiger charge is -2.13. The summed E-state index contributed by atoms with van der Waals surface area (Å²) in [5, 5.41) is 15.8. The van der Waals surface area contributed by atoms with Crippen LogP contribution in [-0.2, 0) is 0 Å². The number of aliphatic hydroxyl groups excluding tert-OH is 1. The molecule has 0 aromatic heterocycles. The second-order valence-electron chi connectivity index (χ2n) is 5.99. The van der Waals surface area contributed by atoms with Crippen molar-refractivity contribution >= 4 is 17.6 Å². The van der Waals surface area contributed by atoms with Crippen molar-refractivity contribution in [2.24, 2.45) is 5.41 Å². The molecule has 2 amide bonds. The first kappa shape index (κ1) is 13.7. The zero-order valence-corrected chi connectivity index (χ0v) is 12.0. The summed E-state index contributed by atoms with van der Waals surface area (Å²) in [5.41, 5.74) is 1.13. The number of urea groups is 1. The van der Waals surface area contributed by atoms with E-state index in [9.17, 15) is 9.90 Å². The number of amides is 2. The summed E-state index contributed by atoms with van der Waals surface area (Å²) in [6.45, 7) is 0.714. The lowest BCUT2D eigenvalue weighted by Crippen LogP contribution is -2.40. The van der Waals surface area contributed by atoms with Gasteiger partial charge in [0.15, 0.2) is 0 Å². The lowest BCUT2D eigenvalue weighted by atomic mass is 10.1. The van der Waals surface area contributed by atoms with Crippen LogP contribution in [0.5, 0.6) is 0 Å². The highest BCUT2D eigenvalue weighted by atomic mass is 35.5. The third-order valence-corrected chi connectivity index (χ3v) is 4.54. The minimum atomic E-state index is -0.140. The molecule has 2 unspecified atom stereocenters. The molecular formula is C15H19ClN2O2. The van der Waals surface area contributed by atoms with Crippen LogP contribution in [-0.4, -0.2) is 30.3 Å². The van der Waals surface area contributed by atoms with Crippen molar-refractivity contribution in [2.75, 3.05) is 13.2 Å². The van der Waals surface area contributed by atoms with Gasteiger partial charge < -0.3 is 15.7 Å². The molecule has 0 bridgehead atoms. The van der Waals surface area contributed by atoms with E-state index in [-0.39, 0.29) is 24.1 Å². The van der Waals surface area contributed by atoms with Gasteiger partial charge in [0.1, 0.15) is 0 Å². The first-order valence-electron chi connectivity index (χ1n) is 7.03. The number of nitrogens with one attached hydrogen (secondary N) is 2. The zero-order valence-electron chi connectivity index (χ0n) is 11.2. The Bertz CT molecular complexity index is 516. The third kappa shape index (κ3) is 3.07. The Kier molecular flexibility index (Phi) is 3.61. The van der Waals surface area contributed by atoms with Gasteiger partial charge in [-0.15, -0.1) is 0 Å². The average molecular weight is 295 g/mol. The molecule has 3 N–H and O–H groups in total. The van der Waals surface area contributed by atoms with Crippen LogP contribution in [0.25, 0.3) is 0 Å². The van der Waals surface area contributed by atoms with Crippen molar-refractivity contribution in [3.63, 3.8) is 0 Å². The highest BCUT2D eigenvalue weighted by Crippen LogP contribution is 2.44. The molecule has 2 saturated carbocycles. The second-order valence-corrected chi connectivity index (χ2v) is 6.43. The lowest BCUT2D eigenvalue weighted by molar-refractivity contribution is 0.203. The van der Waals surface area contributed by atoms with E-state index in [0.29, 0.717) is 12.5 Å². The largest absolute Gasteiger partial charge is 0.396 e. The summed E-state index contributed by atoms with van der Waals surface area (Å²) in [5.74, 6) is 0.368. The maximum atomic E-state index is 11.8. The minimum Gasteiger partial charge on any atom is -0.396 e. The number of halogens is 1. The van der Waals surface area contributed by atoms with E-state index in [4.69, 9.17) is 11.6 Å². The Morgan fingerprint density at radius 2 is 2.25 bits per heavy atom. The third-order valence-electron chi connectivity index (χ3n) is 4.30. The molecule has 2 aliphatic rings. The van der Waals surface area contributed by atoms with Crippen molar-refractivity contribution in [1.82, 2.24) is 10.6 Å². The monoisotopic (exact) mass is 294 g/mol. The normalized spacial score (nSPS) is 25.9. The van der Waals surface area contributed by atoms with Gasteiger partial charge >= 0.3 is 6.03 Å². The molecule has 2 fully saturated rings. The van der Waals surface area contributed by atoms with Crippen LogP contribution in [0.1, 0.15) is 30.7 Å². The zero-order chi connectivity index (χ0) is 14.2. The molecule has 2 aliphatic carbocycles. The van der Waals surface area contributed by atoms with Crippen LogP contribution in [0, 0.1) is 5.41 Å².